The van der Waals surface area contributed by atoms with Gasteiger partial charge in [0.05, 0.1) is 45.0 Å². The van der Waals surface area contributed by atoms with Crippen LogP contribution in [0.25, 0.3) is 0 Å². The van der Waals surface area contributed by atoms with Crippen molar-refractivity contribution in [1.29, 1.82) is 5.26 Å². The molecule has 0 fully saturated rings. The lowest BCUT2D eigenvalue weighted by molar-refractivity contribution is -0.140. The molecule has 0 aliphatic rings. The smallest absolute Gasteiger partial charge is 0.302 e. The Morgan fingerprint density at radius 3 is 2.54 bits per heavy atom. The van der Waals surface area contributed by atoms with Crippen molar-refractivity contribution in [3.8, 4) is 11.8 Å². The van der Waals surface area contributed by atoms with Gasteiger partial charge in [0.25, 0.3) is 0 Å². The molecule has 0 saturated carbocycles. The van der Waals surface area contributed by atoms with E-state index in [1.165, 1.54) is 13.8 Å². The Bertz CT molecular complexity index is 642. The number of hydrogen-bond acceptors (Lipinski definition) is 7. The molecule has 0 aliphatic carbocycles. The third-order valence-electron chi connectivity index (χ3n) is 3.37. The summed E-state index contributed by atoms with van der Waals surface area (Å²) in [6.07, 6.45) is 0.328. The molecule has 1 amide bonds. The molecule has 0 atom stereocenters. The number of hydrogen-bond donors (Lipinski definition) is 1. The minimum absolute atomic E-state index is 0.174. The first-order valence-corrected chi connectivity index (χ1v) is 8.26. The number of ether oxygens (including phenoxy) is 3. The van der Waals surface area contributed by atoms with Crippen molar-refractivity contribution in [3.63, 3.8) is 0 Å². The van der Waals surface area contributed by atoms with Crippen LogP contribution in [0.4, 0.5) is 11.4 Å². The van der Waals surface area contributed by atoms with Crippen LogP contribution in [0.5, 0.6) is 5.75 Å². The second-order valence-electron chi connectivity index (χ2n) is 5.42. The van der Waals surface area contributed by atoms with Crippen molar-refractivity contribution in [2.45, 2.75) is 20.3 Å². The molecular weight excluding hydrogens is 338 g/mol. The van der Waals surface area contributed by atoms with Gasteiger partial charge >= 0.3 is 5.97 Å². The van der Waals surface area contributed by atoms with E-state index < -0.39 is 0 Å². The lowest BCUT2D eigenvalue weighted by atomic mass is 10.2. The summed E-state index contributed by atoms with van der Waals surface area (Å²) in [4.78, 5) is 24.3. The Morgan fingerprint density at radius 1 is 1.19 bits per heavy atom. The van der Waals surface area contributed by atoms with Gasteiger partial charge in [-0.3, -0.25) is 9.59 Å². The fraction of sp³-hybridized carbons (Fsp3) is 0.500. The van der Waals surface area contributed by atoms with Crippen molar-refractivity contribution in [2.24, 2.45) is 0 Å². The largest absolute Gasteiger partial charge is 0.495 e. The number of benzene rings is 1. The van der Waals surface area contributed by atoms with E-state index in [-0.39, 0.29) is 18.5 Å². The number of rotatable bonds is 11. The number of amides is 1. The monoisotopic (exact) mass is 363 g/mol. The van der Waals surface area contributed by atoms with Crippen LogP contribution in [0.15, 0.2) is 18.2 Å². The molecule has 0 unspecified atom stereocenters. The fourth-order valence-corrected chi connectivity index (χ4v) is 2.27. The van der Waals surface area contributed by atoms with Gasteiger partial charge in [-0.2, -0.15) is 5.26 Å². The molecular formula is C18H25N3O5. The predicted octanol–water partition coefficient (Wildman–Crippen LogP) is 1.95. The van der Waals surface area contributed by atoms with Gasteiger partial charge in [0.15, 0.2) is 0 Å². The van der Waals surface area contributed by atoms with E-state index in [9.17, 15) is 9.59 Å². The summed E-state index contributed by atoms with van der Waals surface area (Å²) < 4.78 is 15.9. The number of anilines is 2. The van der Waals surface area contributed by atoms with Crippen molar-refractivity contribution >= 4 is 23.3 Å². The third kappa shape index (κ3) is 7.85. The quantitative estimate of drug-likeness (QED) is 0.474. The zero-order valence-electron chi connectivity index (χ0n) is 15.4. The second-order valence-corrected chi connectivity index (χ2v) is 5.42. The Kier molecular flexibility index (Phi) is 9.57. The molecule has 1 N–H and O–H groups in total. The number of carbonyl (C=O) groups excluding carboxylic acids is 2. The van der Waals surface area contributed by atoms with Gasteiger partial charge in [-0.15, -0.1) is 0 Å². The molecule has 0 heterocycles. The summed E-state index contributed by atoms with van der Waals surface area (Å²) in [5, 5.41) is 11.3. The van der Waals surface area contributed by atoms with Gasteiger partial charge in [0, 0.05) is 26.1 Å². The highest BCUT2D eigenvalue weighted by Crippen LogP contribution is 2.31. The molecule has 142 valence electrons. The van der Waals surface area contributed by atoms with Crippen molar-refractivity contribution < 1.29 is 23.8 Å². The van der Waals surface area contributed by atoms with Crippen molar-refractivity contribution in [3.05, 3.63) is 18.2 Å². The second kappa shape index (κ2) is 11.7. The van der Waals surface area contributed by atoms with E-state index in [0.717, 1.165) is 5.69 Å². The normalized spacial score (nSPS) is 9.92. The lowest BCUT2D eigenvalue weighted by Gasteiger charge is -2.27. The summed E-state index contributed by atoms with van der Waals surface area (Å²) in [5.74, 6) is 0.0977. The van der Waals surface area contributed by atoms with Gasteiger partial charge in [0.1, 0.15) is 12.4 Å². The third-order valence-corrected chi connectivity index (χ3v) is 3.37. The van der Waals surface area contributed by atoms with Crippen LogP contribution in [-0.4, -0.2) is 51.9 Å². The molecule has 1 aromatic carbocycles. The molecule has 26 heavy (non-hydrogen) atoms. The highest BCUT2D eigenvalue weighted by molar-refractivity contribution is 5.89. The zero-order valence-corrected chi connectivity index (χ0v) is 15.4. The van der Waals surface area contributed by atoms with Gasteiger partial charge in [-0.1, -0.05) is 0 Å². The molecule has 1 rings (SSSR count). The Labute approximate surface area is 153 Å². The van der Waals surface area contributed by atoms with Crippen molar-refractivity contribution in [2.75, 3.05) is 50.2 Å². The number of nitriles is 1. The molecule has 1 aromatic rings. The van der Waals surface area contributed by atoms with E-state index in [2.05, 4.69) is 5.32 Å². The number of nitrogens with zero attached hydrogens (tertiary/aromatic N) is 2. The molecule has 0 spiro atoms. The fourth-order valence-electron chi connectivity index (χ4n) is 2.27. The highest BCUT2D eigenvalue weighted by Gasteiger charge is 2.14. The van der Waals surface area contributed by atoms with Gasteiger partial charge in [-0.05, 0) is 18.2 Å². The molecule has 0 radical (unpaired) electrons. The topological polar surface area (TPSA) is 101 Å². The predicted molar refractivity (Wildman–Crippen MR) is 97.2 cm³/mol. The van der Waals surface area contributed by atoms with Crippen molar-refractivity contribution in [1.82, 2.24) is 0 Å². The minimum Gasteiger partial charge on any atom is -0.495 e. The number of nitrogens with one attached hydrogen (secondary N) is 1. The lowest BCUT2D eigenvalue weighted by Crippen LogP contribution is -2.32. The van der Waals surface area contributed by atoms with Gasteiger partial charge < -0.3 is 24.4 Å². The maximum Gasteiger partial charge on any atom is 0.302 e. The van der Waals surface area contributed by atoms with E-state index >= 15 is 0 Å². The van der Waals surface area contributed by atoms with Crippen LogP contribution in [0.2, 0.25) is 0 Å². The van der Waals surface area contributed by atoms with E-state index in [1.54, 1.807) is 25.3 Å². The van der Waals surface area contributed by atoms with Crippen LogP contribution in [0.3, 0.4) is 0 Å². The molecule has 0 bridgehead atoms. The molecule has 0 aliphatic heterocycles. The standard InChI is InChI=1S/C18H25N3O5/c1-14(22)20-16-5-6-18(24-3)17(13-16)21(9-12-26-15(2)23)8-11-25-10-4-7-19/h5-6,13H,4,8-12H2,1-3H3,(H,20,22). The minimum atomic E-state index is -0.353. The Hall–Kier alpha value is -2.79. The summed E-state index contributed by atoms with van der Waals surface area (Å²) in [6, 6.07) is 7.32. The first kappa shape index (κ1) is 21.3. The number of esters is 1. The maximum atomic E-state index is 11.3. The zero-order chi connectivity index (χ0) is 19.4. The molecule has 0 saturated heterocycles. The summed E-state index contributed by atoms with van der Waals surface area (Å²) in [6.45, 7) is 4.69. The molecule has 0 aromatic heterocycles. The first-order valence-electron chi connectivity index (χ1n) is 8.26. The maximum absolute atomic E-state index is 11.3. The highest BCUT2D eigenvalue weighted by atomic mass is 16.5. The SMILES string of the molecule is COc1ccc(NC(C)=O)cc1N(CCOCCC#N)CCOC(C)=O. The van der Waals surface area contributed by atoms with E-state index in [1.807, 2.05) is 11.0 Å². The first-order chi connectivity index (χ1) is 12.5. The van der Waals surface area contributed by atoms with Crippen LogP contribution < -0.4 is 15.0 Å². The molecule has 8 heteroatoms. The summed E-state index contributed by atoms with van der Waals surface area (Å²) >= 11 is 0. The van der Waals surface area contributed by atoms with Crippen LogP contribution >= 0.6 is 0 Å². The average molecular weight is 363 g/mol. The Morgan fingerprint density at radius 2 is 1.92 bits per heavy atom. The van der Waals surface area contributed by atoms with Crippen LogP contribution in [0, 0.1) is 11.3 Å². The number of carbonyl (C=O) groups is 2. The van der Waals surface area contributed by atoms with Gasteiger partial charge in [-0.25, -0.2) is 0 Å². The molecule has 8 nitrogen and oxygen atoms in total. The summed E-state index contributed by atoms with van der Waals surface area (Å²) in [5.41, 5.74) is 1.38. The van der Waals surface area contributed by atoms with Gasteiger partial charge in [0.2, 0.25) is 5.91 Å². The van der Waals surface area contributed by atoms with Crippen LogP contribution in [-0.2, 0) is 19.1 Å². The van der Waals surface area contributed by atoms with E-state index in [0.29, 0.717) is 44.2 Å². The number of methoxy groups -OCH3 is 1. The average Bonchev–Trinajstić information content (AvgIpc) is 2.59. The Balaban J connectivity index is 2.91. The van der Waals surface area contributed by atoms with E-state index in [4.69, 9.17) is 19.5 Å². The summed E-state index contributed by atoms with van der Waals surface area (Å²) in [7, 11) is 1.56. The van der Waals surface area contributed by atoms with Crippen LogP contribution in [0.1, 0.15) is 20.3 Å².